The molecule has 0 radical (unpaired) electrons. The Bertz CT molecular complexity index is 355. The van der Waals surface area contributed by atoms with Crippen molar-refractivity contribution in [2.24, 2.45) is 5.41 Å². The third-order valence-electron chi connectivity index (χ3n) is 3.88. The molecule has 0 spiro atoms. The zero-order chi connectivity index (χ0) is 14.3. The molecule has 110 valence electrons. The van der Waals surface area contributed by atoms with Crippen molar-refractivity contribution in [3.8, 4) is 0 Å². The van der Waals surface area contributed by atoms with Gasteiger partial charge >= 0.3 is 0 Å². The molecule has 0 amide bonds. The monoisotopic (exact) mass is 304 g/mol. The van der Waals surface area contributed by atoms with Crippen molar-refractivity contribution in [3.05, 3.63) is 18.0 Å². The summed E-state index contributed by atoms with van der Waals surface area (Å²) in [6.07, 6.45) is 7.35. The molecule has 2 nitrogen and oxygen atoms in total. The topological polar surface area (TPSA) is 17.8 Å². The molecule has 0 aliphatic rings. The van der Waals surface area contributed by atoms with E-state index in [1.165, 1.54) is 0 Å². The Kier molecular flexibility index (Phi) is 7.23. The van der Waals surface area contributed by atoms with E-state index in [9.17, 15) is 0 Å². The van der Waals surface area contributed by atoms with Crippen molar-refractivity contribution in [2.45, 2.75) is 58.9 Å². The smallest absolute Gasteiger partial charge is 0.0631 e. The largest absolute Gasteiger partial charge is 0.269 e. The molecule has 0 unspecified atom stereocenters. The maximum absolute atomic E-state index is 6.16. The molecule has 0 aliphatic carbocycles. The molecule has 0 aliphatic heterocycles. The lowest BCUT2D eigenvalue weighted by Gasteiger charge is -2.28. The Morgan fingerprint density at radius 3 is 2.32 bits per heavy atom. The molecule has 0 saturated carbocycles. The van der Waals surface area contributed by atoms with Gasteiger partial charge in [0.25, 0.3) is 0 Å². The van der Waals surface area contributed by atoms with Gasteiger partial charge in [-0.15, -0.1) is 23.2 Å². The molecule has 19 heavy (non-hydrogen) atoms. The number of aromatic nitrogens is 2. The summed E-state index contributed by atoms with van der Waals surface area (Å²) in [5.74, 6) is 1.20. The van der Waals surface area contributed by atoms with E-state index < -0.39 is 0 Å². The molecular weight excluding hydrogens is 279 g/mol. The second-order valence-electron chi connectivity index (χ2n) is 5.45. The van der Waals surface area contributed by atoms with E-state index in [0.29, 0.717) is 17.8 Å². The number of hydrogen-bond acceptors (Lipinski definition) is 1. The molecule has 0 atom stereocenters. The second-order valence-corrected chi connectivity index (χ2v) is 5.99. The van der Waals surface area contributed by atoms with Crippen LogP contribution in [-0.4, -0.2) is 21.5 Å². The first-order valence-corrected chi connectivity index (χ1v) is 8.37. The molecule has 1 aromatic heterocycles. The molecule has 4 heteroatoms. The van der Waals surface area contributed by atoms with Crippen LogP contribution in [-0.2, 0) is 6.42 Å². The SMILES string of the molecule is CCCC(CCl)(CCl)Cc1ccn(C(CC)CC)n1. The Morgan fingerprint density at radius 1 is 1.21 bits per heavy atom. The Labute approximate surface area is 127 Å². The number of hydrogen-bond donors (Lipinski definition) is 0. The van der Waals surface area contributed by atoms with Crippen LogP contribution < -0.4 is 0 Å². The zero-order valence-electron chi connectivity index (χ0n) is 12.3. The average molecular weight is 305 g/mol. The summed E-state index contributed by atoms with van der Waals surface area (Å²) in [5.41, 5.74) is 1.10. The van der Waals surface area contributed by atoms with Gasteiger partial charge in [0, 0.05) is 23.4 Å². The van der Waals surface area contributed by atoms with Crippen molar-refractivity contribution < 1.29 is 0 Å². The van der Waals surface area contributed by atoms with E-state index in [-0.39, 0.29) is 5.41 Å². The van der Waals surface area contributed by atoms with Crippen LogP contribution in [0.2, 0.25) is 0 Å². The summed E-state index contributed by atoms with van der Waals surface area (Å²) in [6, 6.07) is 2.61. The molecule has 1 rings (SSSR count). The molecule has 0 saturated heterocycles. The van der Waals surface area contributed by atoms with Crippen LogP contribution >= 0.6 is 23.2 Å². The van der Waals surface area contributed by atoms with E-state index in [1.807, 2.05) is 0 Å². The Morgan fingerprint density at radius 2 is 1.84 bits per heavy atom. The quantitative estimate of drug-likeness (QED) is 0.584. The number of alkyl halides is 2. The lowest BCUT2D eigenvalue weighted by molar-refractivity contribution is 0.333. The van der Waals surface area contributed by atoms with Gasteiger partial charge in [-0.1, -0.05) is 27.2 Å². The summed E-state index contributed by atoms with van der Waals surface area (Å²) in [6.45, 7) is 6.58. The van der Waals surface area contributed by atoms with Gasteiger partial charge in [-0.3, -0.25) is 4.68 Å². The standard InChI is InChI=1S/C15H26Cl2N2/c1-4-8-15(11-16,12-17)10-13-7-9-19(18-13)14(5-2)6-3/h7,9,14H,4-6,8,10-12H2,1-3H3. The van der Waals surface area contributed by atoms with Gasteiger partial charge in [0.05, 0.1) is 11.7 Å². The summed E-state index contributed by atoms with van der Waals surface area (Å²) in [4.78, 5) is 0. The van der Waals surface area contributed by atoms with Crippen molar-refractivity contribution in [2.75, 3.05) is 11.8 Å². The van der Waals surface area contributed by atoms with Gasteiger partial charge in [-0.05, 0) is 31.7 Å². The second kappa shape index (κ2) is 8.16. The van der Waals surface area contributed by atoms with E-state index in [1.54, 1.807) is 0 Å². The third-order valence-corrected chi connectivity index (χ3v) is 5.02. The highest BCUT2D eigenvalue weighted by atomic mass is 35.5. The van der Waals surface area contributed by atoms with Crippen LogP contribution in [0.25, 0.3) is 0 Å². The van der Waals surface area contributed by atoms with Crippen LogP contribution in [0, 0.1) is 5.41 Å². The first kappa shape index (κ1) is 16.8. The highest BCUT2D eigenvalue weighted by Gasteiger charge is 2.29. The fourth-order valence-electron chi connectivity index (χ4n) is 2.60. The van der Waals surface area contributed by atoms with Crippen LogP contribution in [0.4, 0.5) is 0 Å². The van der Waals surface area contributed by atoms with E-state index in [4.69, 9.17) is 28.3 Å². The number of rotatable bonds is 9. The van der Waals surface area contributed by atoms with Crippen molar-refractivity contribution in [1.82, 2.24) is 9.78 Å². The van der Waals surface area contributed by atoms with Gasteiger partial charge in [-0.2, -0.15) is 5.10 Å². The van der Waals surface area contributed by atoms with Crippen molar-refractivity contribution in [1.29, 1.82) is 0 Å². The summed E-state index contributed by atoms with van der Waals surface area (Å²) < 4.78 is 2.09. The summed E-state index contributed by atoms with van der Waals surface area (Å²) >= 11 is 12.3. The van der Waals surface area contributed by atoms with E-state index in [2.05, 4.69) is 37.7 Å². The normalized spacial score (nSPS) is 12.3. The minimum atomic E-state index is -0.00896. The van der Waals surface area contributed by atoms with Crippen LogP contribution in [0.1, 0.15) is 58.2 Å². The van der Waals surface area contributed by atoms with E-state index >= 15 is 0 Å². The first-order valence-electron chi connectivity index (χ1n) is 7.30. The summed E-state index contributed by atoms with van der Waals surface area (Å²) in [5, 5.41) is 4.71. The van der Waals surface area contributed by atoms with Crippen molar-refractivity contribution >= 4 is 23.2 Å². The van der Waals surface area contributed by atoms with Crippen LogP contribution in [0.5, 0.6) is 0 Å². The Hall–Kier alpha value is -0.210. The highest BCUT2D eigenvalue weighted by Crippen LogP contribution is 2.31. The summed E-state index contributed by atoms with van der Waals surface area (Å²) in [7, 11) is 0. The minimum Gasteiger partial charge on any atom is -0.269 e. The predicted octanol–water partition coefficient (Wildman–Crippen LogP) is 5.05. The van der Waals surface area contributed by atoms with Crippen LogP contribution in [0.15, 0.2) is 12.3 Å². The lowest BCUT2D eigenvalue weighted by atomic mass is 9.83. The number of nitrogens with zero attached hydrogens (tertiary/aromatic N) is 2. The van der Waals surface area contributed by atoms with Gasteiger partial charge in [0.1, 0.15) is 0 Å². The first-order chi connectivity index (χ1) is 9.14. The van der Waals surface area contributed by atoms with Gasteiger partial charge in [0.2, 0.25) is 0 Å². The van der Waals surface area contributed by atoms with Gasteiger partial charge in [-0.25, -0.2) is 0 Å². The fraction of sp³-hybridized carbons (Fsp3) is 0.800. The van der Waals surface area contributed by atoms with Gasteiger partial charge < -0.3 is 0 Å². The molecule has 0 bridgehead atoms. The minimum absolute atomic E-state index is 0.00896. The maximum atomic E-state index is 6.16. The average Bonchev–Trinajstić information content (AvgIpc) is 2.88. The van der Waals surface area contributed by atoms with Crippen LogP contribution in [0.3, 0.4) is 0 Å². The predicted molar refractivity (Wildman–Crippen MR) is 84.3 cm³/mol. The maximum Gasteiger partial charge on any atom is 0.0631 e. The van der Waals surface area contributed by atoms with Gasteiger partial charge in [0.15, 0.2) is 0 Å². The molecule has 0 fully saturated rings. The third kappa shape index (κ3) is 4.39. The lowest BCUT2D eigenvalue weighted by Crippen LogP contribution is -2.28. The molecule has 1 heterocycles. The molecular formula is C15H26Cl2N2. The molecule has 0 N–H and O–H groups in total. The highest BCUT2D eigenvalue weighted by molar-refractivity contribution is 6.21. The molecule has 0 aromatic carbocycles. The van der Waals surface area contributed by atoms with E-state index in [0.717, 1.165) is 37.8 Å². The number of halogens is 2. The van der Waals surface area contributed by atoms with Crippen molar-refractivity contribution in [3.63, 3.8) is 0 Å². The molecule has 1 aromatic rings. The Balaban J connectivity index is 2.80. The fourth-order valence-corrected chi connectivity index (χ4v) is 3.35. The zero-order valence-corrected chi connectivity index (χ0v) is 13.8.